The molecule has 0 radical (unpaired) electrons. The molecule has 0 spiro atoms. The molecule has 3 rings (SSSR count). The molecule has 1 aromatic heterocycles. The van der Waals surface area contributed by atoms with Crippen molar-refractivity contribution in [2.45, 2.75) is 13.3 Å². The SMILES string of the molecule is Cc1cc2c(cc1-n1cccc1)OCC2. The average molecular weight is 199 g/mol. The predicted octanol–water partition coefficient (Wildman–Crippen LogP) is 2.72. The Kier molecular flexibility index (Phi) is 1.81. The molecular weight excluding hydrogens is 186 g/mol. The molecule has 0 saturated heterocycles. The molecule has 2 aromatic rings. The molecule has 0 atom stereocenters. The van der Waals surface area contributed by atoms with Crippen LogP contribution in [0.1, 0.15) is 11.1 Å². The fourth-order valence-electron chi connectivity index (χ4n) is 2.11. The summed E-state index contributed by atoms with van der Waals surface area (Å²) in [4.78, 5) is 0. The molecule has 0 N–H and O–H groups in total. The first kappa shape index (κ1) is 8.60. The Morgan fingerprint density at radius 3 is 2.80 bits per heavy atom. The first-order valence-electron chi connectivity index (χ1n) is 5.24. The number of nitrogens with zero attached hydrogens (tertiary/aromatic N) is 1. The summed E-state index contributed by atoms with van der Waals surface area (Å²) in [5.74, 6) is 1.05. The number of fused-ring (bicyclic) bond motifs is 1. The highest BCUT2D eigenvalue weighted by Crippen LogP contribution is 2.30. The van der Waals surface area contributed by atoms with Crippen LogP contribution in [0.25, 0.3) is 5.69 Å². The van der Waals surface area contributed by atoms with E-state index in [0.717, 1.165) is 18.8 Å². The van der Waals surface area contributed by atoms with Gasteiger partial charge in [-0.1, -0.05) is 6.07 Å². The van der Waals surface area contributed by atoms with Gasteiger partial charge in [0.1, 0.15) is 5.75 Å². The van der Waals surface area contributed by atoms with E-state index in [1.54, 1.807) is 0 Å². The number of benzene rings is 1. The lowest BCUT2D eigenvalue weighted by Crippen LogP contribution is -1.94. The second-order valence-electron chi connectivity index (χ2n) is 3.94. The fraction of sp³-hybridized carbons (Fsp3) is 0.231. The highest BCUT2D eigenvalue weighted by atomic mass is 16.5. The maximum atomic E-state index is 5.58. The Balaban J connectivity index is 2.17. The van der Waals surface area contributed by atoms with Crippen LogP contribution in [0.15, 0.2) is 36.7 Å². The van der Waals surface area contributed by atoms with Crippen molar-refractivity contribution in [1.82, 2.24) is 4.57 Å². The summed E-state index contributed by atoms with van der Waals surface area (Å²) < 4.78 is 7.70. The van der Waals surface area contributed by atoms with Gasteiger partial charge >= 0.3 is 0 Å². The number of ether oxygens (including phenoxy) is 1. The normalized spacial score (nSPS) is 13.7. The number of hydrogen-bond acceptors (Lipinski definition) is 1. The monoisotopic (exact) mass is 199 g/mol. The fourth-order valence-corrected chi connectivity index (χ4v) is 2.11. The van der Waals surface area contributed by atoms with Crippen molar-refractivity contribution in [2.24, 2.45) is 0 Å². The third kappa shape index (κ3) is 1.33. The molecule has 0 unspecified atom stereocenters. The molecule has 15 heavy (non-hydrogen) atoms. The van der Waals surface area contributed by atoms with Gasteiger partial charge in [-0.15, -0.1) is 0 Å². The zero-order valence-corrected chi connectivity index (χ0v) is 8.73. The molecule has 0 amide bonds. The standard InChI is InChI=1S/C13H13NO/c1-10-8-11-4-7-15-13(11)9-12(10)14-5-2-3-6-14/h2-3,5-6,8-9H,4,7H2,1H3. The van der Waals surface area contributed by atoms with Gasteiger partial charge in [0.25, 0.3) is 0 Å². The number of hydrogen-bond donors (Lipinski definition) is 0. The van der Waals surface area contributed by atoms with E-state index < -0.39 is 0 Å². The van der Waals surface area contributed by atoms with Gasteiger partial charge in [0.2, 0.25) is 0 Å². The first-order valence-corrected chi connectivity index (χ1v) is 5.24. The van der Waals surface area contributed by atoms with E-state index in [1.807, 2.05) is 12.1 Å². The van der Waals surface area contributed by atoms with Crippen molar-refractivity contribution in [3.63, 3.8) is 0 Å². The van der Waals surface area contributed by atoms with Crippen molar-refractivity contribution in [1.29, 1.82) is 0 Å². The number of aryl methyl sites for hydroxylation is 1. The minimum Gasteiger partial charge on any atom is -0.493 e. The van der Waals surface area contributed by atoms with Gasteiger partial charge < -0.3 is 9.30 Å². The molecule has 0 bridgehead atoms. The van der Waals surface area contributed by atoms with Crippen molar-refractivity contribution in [2.75, 3.05) is 6.61 Å². The second kappa shape index (κ2) is 3.16. The van der Waals surface area contributed by atoms with Crippen molar-refractivity contribution >= 4 is 0 Å². The summed E-state index contributed by atoms with van der Waals surface area (Å²) in [5.41, 5.74) is 3.85. The van der Waals surface area contributed by atoms with E-state index in [9.17, 15) is 0 Å². The van der Waals surface area contributed by atoms with Crippen LogP contribution < -0.4 is 4.74 Å². The molecule has 2 heterocycles. The molecule has 1 aliphatic rings. The van der Waals surface area contributed by atoms with Gasteiger partial charge in [0, 0.05) is 24.9 Å². The van der Waals surface area contributed by atoms with Crippen LogP contribution in [0.4, 0.5) is 0 Å². The van der Waals surface area contributed by atoms with Gasteiger partial charge in [0.15, 0.2) is 0 Å². The zero-order valence-electron chi connectivity index (χ0n) is 8.73. The van der Waals surface area contributed by atoms with E-state index in [4.69, 9.17) is 4.74 Å². The predicted molar refractivity (Wildman–Crippen MR) is 59.7 cm³/mol. The average Bonchev–Trinajstić information content (AvgIpc) is 2.85. The summed E-state index contributed by atoms with van der Waals surface area (Å²) >= 11 is 0. The van der Waals surface area contributed by atoms with Crippen LogP contribution in [0.3, 0.4) is 0 Å². The van der Waals surface area contributed by atoms with Crippen molar-refractivity contribution in [3.8, 4) is 11.4 Å². The summed E-state index contributed by atoms with van der Waals surface area (Å²) in [6, 6.07) is 8.44. The Morgan fingerprint density at radius 1 is 1.20 bits per heavy atom. The van der Waals surface area contributed by atoms with E-state index in [1.165, 1.54) is 16.8 Å². The van der Waals surface area contributed by atoms with Crippen molar-refractivity contribution in [3.05, 3.63) is 47.8 Å². The molecule has 76 valence electrons. The first-order chi connectivity index (χ1) is 7.34. The summed E-state index contributed by atoms with van der Waals surface area (Å²) in [5, 5.41) is 0. The number of aromatic nitrogens is 1. The van der Waals surface area contributed by atoms with Gasteiger partial charge in [-0.05, 0) is 30.2 Å². The molecule has 2 heteroatoms. The maximum Gasteiger partial charge on any atom is 0.124 e. The molecule has 0 saturated carbocycles. The summed E-state index contributed by atoms with van der Waals surface area (Å²) in [6.07, 6.45) is 5.16. The molecular formula is C13H13NO. The highest BCUT2D eigenvalue weighted by Gasteiger charge is 2.14. The highest BCUT2D eigenvalue weighted by molar-refractivity contribution is 5.51. The van der Waals surface area contributed by atoms with Crippen LogP contribution in [0.2, 0.25) is 0 Å². The van der Waals surface area contributed by atoms with Crippen LogP contribution in [0, 0.1) is 6.92 Å². The Labute approximate surface area is 89.1 Å². The smallest absolute Gasteiger partial charge is 0.124 e. The van der Waals surface area contributed by atoms with Gasteiger partial charge in [-0.2, -0.15) is 0 Å². The lowest BCUT2D eigenvalue weighted by molar-refractivity contribution is 0.356. The lowest BCUT2D eigenvalue weighted by Gasteiger charge is -2.09. The molecule has 0 aliphatic carbocycles. The zero-order chi connectivity index (χ0) is 10.3. The third-order valence-corrected chi connectivity index (χ3v) is 2.89. The third-order valence-electron chi connectivity index (χ3n) is 2.89. The second-order valence-corrected chi connectivity index (χ2v) is 3.94. The molecule has 1 aromatic carbocycles. The van der Waals surface area contributed by atoms with E-state index >= 15 is 0 Å². The van der Waals surface area contributed by atoms with Gasteiger partial charge in [-0.25, -0.2) is 0 Å². The van der Waals surface area contributed by atoms with E-state index in [0.29, 0.717) is 0 Å². The topological polar surface area (TPSA) is 14.2 Å². The number of rotatable bonds is 1. The van der Waals surface area contributed by atoms with Crippen LogP contribution >= 0.6 is 0 Å². The van der Waals surface area contributed by atoms with E-state index in [-0.39, 0.29) is 0 Å². The lowest BCUT2D eigenvalue weighted by atomic mass is 10.1. The molecule has 1 aliphatic heterocycles. The summed E-state index contributed by atoms with van der Waals surface area (Å²) in [7, 11) is 0. The minimum atomic E-state index is 0.823. The van der Waals surface area contributed by atoms with Crippen LogP contribution in [0.5, 0.6) is 5.75 Å². The van der Waals surface area contributed by atoms with Crippen LogP contribution in [-0.2, 0) is 6.42 Å². The largest absolute Gasteiger partial charge is 0.493 e. The Hall–Kier alpha value is -1.70. The molecule has 2 nitrogen and oxygen atoms in total. The quantitative estimate of drug-likeness (QED) is 0.688. The van der Waals surface area contributed by atoms with Crippen LogP contribution in [-0.4, -0.2) is 11.2 Å². The Bertz CT molecular complexity index is 485. The summed E-state index contributed by atoms with van der Waals surface area (Å²) in [6.45, 7) is 2.97. The van der Waals surface area contributed by atoms with Gasteiger partial charge in [0.05, 0.1) is 12.3 Å². The maximum absolute atomic E-state index is 5.58. The molecule has 0 fully saturated rings. The Morgan fingerprint density at radius 2 is 2.00 bits per heavy atom. The minimum absolute atomic E-state index is 0.823. The van der Waals surface area contributed by atoms with E-state index in [2.05, 4.69) is 36.0 Å². The van der Waals surface area contributed by atoms with Gasteiger partial charge in [-0.3, -0.25) is 0 Å². The van der Waals surface area contributed by atoms with Crippen molar-refractivity contribution < 1.29 is 4.74 Å².